The quantitative estimate of drug-likeness (QED) is 0.713. The highest BCUT2D eigenvalue weighted by Crippen LogP contribution is 2.00. The Balaban J connectivity index is 0. The van der Waals surface area contributed by atoms with E-state index >= 15 is 0 Å². The standard InChI is InChI=1S/C9H12.C2H6.H3N/c1-2-6-9-7-4-3-5-8-9;1-2;/h3-5,7-8H,2,6H2,1H3;1-2H3;1H3. The van der Waals surface area contributed by atoms with Crippen molar-refractivity contribution in [1.82, 2.24) is 6.15 Å². The molecule has 0 unspecified atom stereocenters. The molecule has 12 heavy (non-hydrogen) atoms. The summed E-state index contributed by atoms with van der Waals surface area (Å²) in [6, 6.07) is 10.6. The molecule has 0 aliphatic carbocycles. The van der Waals surface area contributed by atoms with E-state index in [4.69, 9.17) is 0 Å². The Bertz CT molecular complexity index is 158. The van der Waals surface area contributed by atoms with Gasteiger partial charge in [-0.25, -0.2) is 0 Å². The van der Waals surface area contributed by atoms with E-state index in [2.05, 4.69) is 37.3 Å². The van der Waals surface area contributed by atoms with E-state index in [0.717, 1.165) is 0 Å². The fourth-order valence-corrected chi connectivity index (χ4v) is 0.933. The first-order valence-corrected chi connectivity index (χ1v) is 4.47. The van der Waals surface area contributed by atoms with Crippen molar-refractivity contribution in [2.45, 2.75) is 33.6 Å². The van der Waals surface area contributed by atoms with Crippen molar-refractivity contribution in [2.75, 3.05) is 0 Å². The molecule has 0 aromatic heterocycles. The van der Waals surface area contributed by atoms with Crippen LogP contribution >= 0.6 is 0 Å². The van der Waals surface area contributed by atoms with Crippen LogP contribution in [0.25, 0.3) is 0 Å². The summed E-state index contributed by atoms with van der Waals surface area (Å²) < 4.78 is 0. The summed E-state index contributed by atoms with van der Waals surface area (Å²) in [6.45, 7) is 6.20. The van der Waals surface area contributed by atoms with Gasteiger partial charge in [0.2, 0.25) is 0 Å². The van der Waals surface area contributed by atoms with Crippen LogP contribution in [0.4, 0.5) is 0 Å². The molecule has 1 aromatic rings. The minimum absolute atomic E-state index is 0. The van der Waals surface area contributed by atoms with Crippen LogP contribution in [0.15, 0.2) is 30.3 Å². The van der Waals surface area contributed by atoms with Crippen LogP contribution in [0, 0.1) is 0 Å². The molecule has 1 nitrogen and oxygen atoms in total. The SMILES string of the molecule is CC.CCCc1ccccc1.N. The molecular weight excluding hydrogens is 146 g/mol. The monoisotopic (exact) mass is 167 g/mol. The molecule has 0 spiro atoms. The van der Waals surface area contributed by atoms with Crippen molar-refractivity contribution in [1.29, 1.82) is 0 Å². The molecule has 0 saturated carbocycles. The average molecular weight is 167 g/mol. The van der Waals surface area contributed by atoms with Gasteiger partial charge in [0.05, 0.1) is 0 Å². The predicted molar refractivity (Wildman–Crippen MR) is 56.8 cm³/mol. The van der Waals surface area contributed by atoms with Gasteiger partial charge in [-0.2, -0.15) is 0 Å². The molecule has 0 bridgehead atoms. The van der Waals surface area contributed by atoms with Gasteiger partial charge < -0.3 is 6.15 Å². The van der Waals surface area contributed by atoms with Crippen molar-refractivity contribution in [2.24, 2.45) is 0 Å². The van der Waals surface area contributed by atoms with Gasteiger partial charge >= 0.3 is 0 Å². The van der Waals surface area contributed by atoms with E-state index < -0.39 is 0 Å². The smallest absolute Gasteiger partial charge is 0.0281 e. The first-order valence-electron chi connectivity index (χ1n) is 4.47. The Hall–Kier alpha value is -0.820. The molecule has 0 aliphatic rings. The topological polar surface area (TPSA) is 35.0 Å². The summed E-state index contributed by atoms with van der Waals surface area (Å²) in [7, 11) is 0. The number of rotatable bonds is 2. The maximum absolute atomic E-state index is 2.20. The fourth-order valence-electron chi connectivity index (χ4n) is 0.933. The zero-order valence-corrected chi connectivity index (χ0v) is 8.51. The lowest BCUT2D eigenvalue weighted by Crippen LogP contribution is -1.78. The van der Waals surface area contributed by atoms with Gasteiger partial charge in [0, 0.05) is 0 Å². The van der Waals surface area contributed by atoms with Crippen molar-refractivity contribution >= 4 is 0 Å². The van der Waals surface area contributed by atoms with E-state index in [-0.39, 0.29) is 6.15 Å². The third-order valence-corrected chi connectivity index (χ3v) is 1.38. The third-order valence-electron chi connectivity index (χ3n) is 1.38. The normalized spacial score (nSPS) is 7.58. The van der Waals surface area contributed by atoms with Crippen molar-refractivity contribution in [3.05, 3.63) is 35.9 Å². The lowest BCUT2D eigenvalue weighted by Gasteiger charge is -1.93. The Morgan fingerprint density at radius 2 is 1.50 bits per heavy atom. The maximum atomic E-state index is 2.20. The van der Waals surface area contributed by atoms with Crippen LogP contribution in [-0.2, 0) is 6.42 Å². The molecule has 0 saturated heterocycles. The number of benzene rings is 1. The summed E-state index contributed by atoms with van der Waals surface area (Å²) in [5.74, 6) is 0. The molecule has 1 heteroatoms. The second kappa shape index (κ2) is 10.2. The second-order valence-corrected chi connectivity index (χ2v) is 2.24. The summed E-state index contributed by atoms with van der Waals surface area (Å²) in [5.41, 5.74) is 1.44. The minimum atomic E-state index is 0. The van der Waals surface area contributed by atoms with Crippen LogP contribution in [0.2, 0.25) is 0 Å². The molecule has 1 rings (SSSR count). The van der Waals surface area contributed by atoms with Crippen LogP contribution in [0.3, 0.4) is 0 Å². The van der Waals surface area contributed by atoms with Gasteiger partial charge in [-0.1, -0.05) is 57.5 Å². The predicted octanol–water partition coefficient (Wildman–Crippen LogP) is 3.83. The molecule has 0 fully saturated rings. The molecule has 0 radical (unpaired) electrons. The lowest BCUT2D eigenvalue weighted by atomic mass is 10.1. The Labute approximate surface area is 76.4 Å². The van der Waals surface area contributed by atoms with Gasteiger partial charge in [-0.05, 0) is 12.0 Å². The Morgan fingerprint density at radius 3 is 1.92 bits per heavy atom. The minimum Gasteiger partial charge on any atom is -0.344 e. The van der Waals surface area contributed by atoms with E-state index in [1.807, 2.05) is 13.8 Å². The zero-order chi connectivity index (χ0) is 8.53. The lowest BCUT2D eigenvalue weighted by molar-refractivity contribution is 0.922. The molecular formula is C11H21N. The Kier molecular flexibility index (Phi) is 11.7. The first kappa shape index (κ1) is 13.7. The van der Waals surface area contributed by atoms with E-state index in [1.54, 1.807) is 0 Å². The molecule has 0 heterocycles. The van der Waals surface area contributed by atoms with Crippen molar-refractivity contribution in [3.8, 4) is 0 Å². The zero-order valence-electron chi connectivity index (χ0n) is 8.51. The third kappa shape index (κ3) is 5.93. The molecule has 1 aromatic carbocycles. The maximum Gasteiger partial charge on any atom is -0.0281 e. The summed E-state index contributed by atoms with van der Waals surface area (Å²) in [4.78, 5) is 0. The van der Waals surface area contributed by atoms with Gasteiger partial charge in [0.25, 0.3) is 0 Å². The van der Waals surface area contributed by atoms with Gasteiger partial charge in [0.1, 0.15) is 0 Å². The second-order valence-electron chi connectivity index (χ2n) is 2.24. The van der Waals surface area contributed by atoms with E-state index in [9.17, 15) is 0 Å². The molecule has 0 aliphatic heterocycles. The molecule has 0 atom stereocenters. The highest BCUT2D eigenvalue weighted by molar-refractivity contribution is 5.14. The highest BCUT2D eigenvalue weighted by atomic mass is 14.0. The van der Waals surface area contributed by atoms with Gasteiger partial charge in [-0.3, -0.25) is 0 Å². The van der Waals surface area contributed by atoms with E-state index in [1.165, 1.54) is 18.4 Å². The van der Waals surface area contributed by atoms with Crippen molar-refractivity contribution < 1.29 is 0 Å². The van der Waals surface area contributed by atoms with Crippen molar-refractivity contribution in [3.63, 3.8) is 0 Å². The molecule has 0 amide bonds. The van der Waals surface area contributed by atoms with Crippen LogP contribution in [-0.4, -0.2) is 0 Å². The number of hydrogen-bond acceptors (Lipinski definition) is 1. The largest absolute Gasteiger partial charge is 0.344 e. The van der Waals surface area contributed by atoms with Gasteiger partial charge in [-0.15, -0.1) is 0 Å². The van der Waals surface area contributed by atoms with Crippen LogP contribution < -0.4 is 6.15 Å². The fraction of sp³-hybridized carbons (Fsp3) is 0.455. The molecule has 70 valence electrons. The van der Waals surface area contributed by atoms with E-state index in [0.29, 0.717) is 0 Å². The summed E-state index contributed by atoms with van der Waals surface area (Å²) in [5, 5.41) is 0. The highest BCUT2D eigenvalue weighted by Gasteiger charge is 1.84. The Morgan fingerprint density at radius 1 is 1.00 bits per heavy atom. The summed E-state index contributed by atoms with van der Waals surface area (Å²) >= 11 is 0. The van der Waals surface area contributed by atoms with Crippen LogP contribution in [0.5, 0.6) is 0 Å². The number of aryl methyl sites for hydroxylation is 1. The summed E-state index contributed by atoms with van der Waals surface area (Å²) in [6.07, 6.45) is 2.45. The average Bonchev–Trinajstić information content (AvgIpc) is 2.11. The molecule has 3 N–H and O–H groups in total. The van der Waals surface area contributed by atoms with Crippen LogP contribution in [0.1, 0.15) is 32.8 Å². The first-order chi connectivity index (χ1) is 5.43. The number of hydrogen-bond donors (Lipinski definition) is 1. The van der Waals surface area contributed by atoms with Gasteiger partial charge in [0.15, 0.2) is 0 Å².